The molecule has 1 aliphatic carbocycles. The number of anilines is 1. The monoisotopic (exact) mass is 417 g/mol. The molecule has 1 aromatic heterocycles. The Kier molecular flexibility index (Phi) is 7.41. The summed E-state index contributed by atoms with van der Waals surface area (Å²) in [5.74, 6) is -0.414. The van der Waals surface area contributed by atoms with Crippen LogP contribution in [0.5, 0.6) is 0 Å². The van der Waals surface area contributed by atoms with Gasteiger partial charge in [0.05, 0.1) is 12.5 Å². The zero-order chi connectivity index (χ0) is 20.6. The van der Waals surface area contributed by atoms with Crippen molar-refractivity contribution in [1.29, 1.82) is 0 Å². The maximum Gasteiger partial charge on any atom is 0.343 e. The highest BCUT2D eigenvalue weighted by atomic mass is 35.5. The maximum atomic E-state index is 12.4. The molecule has 1 aliphatic rings. The Balaban J connectivity index is 1.53. The molecule has 1 saturated carbocycles. The molecule has 0 radical (unpaired) electrons. The average molecular weight is 418 g/mol. The number of esters is 2. The first kappa shape index (κ1) is 21.0. The smallest absolute Gasteiger partial charge is 0.343 e. The molecule has 7 nitrogen and oxygen atoms in total. The number of carbonyl (C=O) groups is 2. The zero-order valence-corrected chi connectivity index (χ0v) is 17.0. The van der Waals surface area contributed by atoms with Gasteiger partial charge in [0.25, 0.3) is 0 Å². The van der Waals surface area contributed by atoms with Crippen LogP contribution in [0.2, 0.25) is 5.28 Å². The lowest BCUT2D eigenvalue weighted by Crippen LogP contribution is -2.31. The Morgan fingerprint density at radius 1 is 1.14 bits per heavy atom. The number of benzene rings is 1. The quantitative estimate of drug-likeness (QED) is 0.537. The molecule has 0 saturated heterocycles. The predicted molar refractivity (Wildman–Crippen MR) is 109 cm³/mol. The molecule has 8 heteroatoms. The number of aromatic nitrogens is 2. The minimum absolute atomic E-state index is 0.0544. The molecule has 154 valence electrons. The summed E-state index contributed by atoms with van der Waals surface area (Å²) in [5.41, 5.74) is 1.23. The zero-order valence-electron chi connectivity index (χ0n) is 16.3. The molecule has 0 atom stereocenters. The summed E-state index contributed by atoms with van der Waals surface area (Å²) >= 11 is 5.89. The fraction of sp³-hybridized carbons (Fsp3) is 0.429. The molecular formula is C21H24ClN3O4. The van der Waals surface area contributed by atoms with E-state index in [1.54, 1.807) is 6.92 Å². The number of ether oxygens (including phenoxy) is 2. The lowest BCUT2D eigenvalue weighted by molar-refractivity contribution is -0.151. The van der Waals surface area contributed by atoms with Crippen molar-refractivity contribution in [3.63, 3.8) is 0 Å². The highest BCUT2D eigenvalue weighted by Crippen LogP contribution is 2.28. The van der Waals surface area contributed by atoms with Gasteiger partial charge in [0.15, 0.2) is 0 Å². The van der Waals surface area contributed by atoms with E-state index in [4.69, 9.17) is 21.1 Å². The second kappa shape index (κ2) is 10.2. The molecule has 29 heavy (non-hydrogen) atoms. The summed E-state index contributed by atoms with van der Waals surface area (Å²) in [6.45, 7) is 2.29. The van der Waals surface area contributed by atoms with Gasteiger partial charge in [-0.05, 0) is 49.8 Å². The van der Waals surface area contributed by atoms with Crippen molar-refractivity contribution in [1.82, 2.24) is 9.97 Å². The molecular weight excluding hydrogens is 394 g/mol. The minimum Gasteiger partial charge on any atom is -0.462 e. The van der Waals surface area contributed by atoms with Crippen LogP contribution in [0, 0.1) is 5.92 Å². The first-order valence-corrected chi connectivity index (χ1v) is 10.1. The first-order valence-electron chi connectivity index (χ1n) is 9.73. The average Bonchev–Trinajstić information content (AvgIpc) is 2.73. The van der Waals surface area contributed by atoms with Gasteiger partial charge in [-0.2, -0.15) is 4.98 Å². The Labute approximate surface area is 174 Å². The second-order valence-electron chi connectivity index (χ2n) is 6.91. The van der Waals surface area contributed by atoms with E-state index in [9.17, 15) is 9.59 Å². The van der Waals surface area contributed by atoms with Crippen molar-refractivity contribution >= 4 is 29.4 Å². The number of halogens is 1. The molecule has 1 heterocycles. The van der Waals surface area contributed by atoms with E-state index in [1.807, 2.05) is 30.3 Å². The molecule has 0 aliphatic heterocycles. The van der Waals surface area contributed by atoms with E-state index in [0.29, 0.717) is 25.3 Å². The van der Waals surface area contributed by atoms with Gasteiger partial charge < -0.3 is 14.8 Å². The highest BCUT2D eigenvalue weighted by Gasteiger charge is 2.28. The third kappa shape index (κ3) is 5.90. The molecule has 0 unspecified atom stereocenters. The molecule has 1 aromatic carbocycles. The molecule has 0 amide bonds. The minimum atomic E-state index is -0.496. The lowest BCUT2D eigenvalue weighted by atomic mass is 9.86. The van der Waals surface area contributed by atoms with Crippen LogP contribution in [-0.2, 0) is 20.9 Å². The van der Waals surface area contributed by atoms with E-state index >= 15 is 0 Å². The lowest BCUT2D eigenvalue weighted by Gasteiger charge is -2.28. The van der Waals surface area contributed by atoms with E-state index < -0.39 is 5.97 Å². The molecule has 2 aromatic rings. The summed E-state index contributed by atoms with van der Waals surface area (Å²) in [4.78, 5) is 32.5. The fourth-order valence-electron chi connectivity index (χ4n) is 3.34. The van der Waals surface area contributed by atoms with Gasteiger partial charge in [0.1, 0.15) is 18.0 Å². The van der Waals surface area contributed by atoms with Crippen molar-refractivity contribution in [2.75, 3.05) is 11.9 Å². The van der Waals surface area contributed by atoms with Gasteiger partial charge in [0.2, 0.25) is 5.28 Å². The highest BCUT2D eigenvalue weighted by molar-refractivity contribution is 6.28. The molecule has 1 fully saturated rings. The van der Waals surface area contributed by atoms with E-state index in [1.165, 1.54) is 6.20 Å². The largest absolute Gasteiger partial charge is 0.462 e. The fourth-order valence-corrected chi connectivity index (χ4v) is 3.48. The van der Waals surface area contributed by atoms with Crippen molar-refractivity contribution in [3.8, 4) is 0 Å². The van der Waals surface area contributed by atoms with Gasteiger partial charge in [-0.25, -0.2) is 9.78 Å². The van der Waals surface area contributed by atoms with Gasteiger partial charge in [-0.3, -0.25) is 4.79 Å². The van der Waals surface area contributed by atoms with Crippen molar-refractivity contribution in [2.24, 2.45) is 5.92 Å². The van der Waals surface area contributed by atoms with Gasteiger partial charge in [0, 0.05) is 12.2 Å². The summed E-state index contributed by atoms with van der Waals surface area (Å²) in [5, 5.41) is 3.31. The Bertz CT molecular complexity index is 839. The molecule has 0 bridgehead atoms. The van der Waals surface area contributed by atoms with Crippen LogP contribution in [0.1, 0.15) is 48.5 Å². The number of hydrogen-bond donors (Lipinski definition) is 1. The van der Waals surface area contributed by atoms with Crippen LogP contribution < -0.4 is 5.32 Å². The van der Waals surface area contributed by atoms with E-state index in [2.05, 4.69) is 15.3 Å². The van der Waals surface area contributed by atoms with Gasteiger partial charge in [-0.1, -0.05) is 30.3 Å². The van der Waals surface area contributed by atoms with Crippen LogP contribution in [-0.4, -0.2) is 34.6 Å². The SMILES string of the molecule is CCOC(=O)c1cnc(Cl)nc1NC1CCC(C(=O)OCc2ccccc2)CC1. The molecule has 1 N–H and O–H groups in total. The Morgan fingerprint density at radius 2 is 1.86 bits per heavy atom. The van der Waals surface area contributed by atoms with Gasteiger partial charge in [-0.15, -0.1) is 0 Å². The van der Waals surface area contributed by atoms with E-state index in [-0.39, 0.29) is 35.4 Å². The number of hydrogen-bond acceptors (Lipinski definition) is 7. The Hall–Kier alpha value is -2.67. The third-order valence-corrected chi connectivity index (χ3v) is 5.06. The summed E-state index contributed by atoms with van der Waals surface area (Å²) in [6, 6.07) is 9.71. The number of rotatable bonds is 7. The third-order valence-electron chi connectivity index (χ3n) is 4.88. The first-order chi connectivity index (χ1) is 14.1. The van der Waals surface area contributed by atoms with Crippen molar-refractivity contribution < 1.29 is 19.1 Å². The summed E-state index contributed by atoms with van der Waals surface area (Å²) in [7, 11) is 0. The molecule has 3 rings (SSSR count). The normalized spacial score (nSPS) is 18.7. The molecule has 0 spiro atoms. The summed E-state index contributed by atoms with van der Waals surface area (Å²) < 4.78 is 10.5. The Morgan fingerprint density at radius 3 is 2.55 bits per heavy atom. The maximum absolute atomic E-state index is 12.4. The standard InChI is InChI=1S/C21H24ClN3O4/c1-2-28-20(27)17-12-23-21(22)25-18(17)24-16-10-8-15(9-11-16)19(26)29-13-14-6-4-3-5-7-14/h3-7,12,15-16H,2,8-11,13H2,1H3,(H,23,24,25). The van der Waals surface area contributed by atoms with Crippen LogP contribution >= 0.6 is 11.6 Å². The topological polar surface area (TPSA) is 90.4 Å². The van der Waals surface area contributed by atoms with Crippen LogP contribution in [0.4, 0.5) is 5.82 Å². The summed E-state index contributed by atoms with van der Waals surface area (Å²) in [6.07, 6.45) is 4.30. The van der Waals surface area contributed by atoms with Crippen LogP contribution in [0.15, 0.2) is 36.5 Å². The number of nitrogens with one attached hydrogen (secondary N) is 1. The van der Waals surface area contributed by atoms with Crippen molar-refractivity contribution in [2.45, 2.75) is 45.3 Å². The van der Waals surface area contributed by atoms with Crippen LogP contribution in [0.3, 0.4) is 0 Å². The number of nitrogens with zero attached hydrogens (tertiary/aromatic N) is 2. The van der Waals surface area contributed by atoms with Crippen molar-refractivity contribution in [3.05, 3.63) is 52.9 Å². The number of carbonyl (C=O) groups excluding carboxylic acids is 2. The predicted octanol–water partition coefficient (Wildman–Crippen LogP) is 4.02. The van der Waals surface area contributed by atoms with Gasteiger partial charge >= 0.3 is 11.9 Å². The van der Waals surface area contributed by atoms with E-state index in [0.717, 1.165) is 18.4 Å². The second-order valence-corrected chi connectivity index (χ2v) is 7.25. The van der Waals surface area contributed by atoms with Crippen LogP contribution in [0.25, 0.3) is 0 Å².